The summed E-state index contributed by atoms with van der Waals surface area (Å²) in [5.41, 5.74) is -0.563. The number of carbonyl (C=O) groups excluding carboxylic acids is 1. The van der Waals surface area contributed by atoms with Crippen LogP contribution in [0.2, 0.25) is 10.2 Å². The van der Waals surface area contributed by atoms with Gasteiger partial charge in [-0.1, -0.05) is 23.2 Å². The molecule has 10 nitrogen and oxygen atoms in total. The summed E-state index contributed by atoms with van der Waals surface area (Å²) in [5.74, 6) is 0.541. The Balaban J connectivity index is 1.47. The van der Waals surface area contributed by atoms with Crippen LogP contribution in [0.15, 0.2) is 6.20 Å². The Hall–Kier alpha value is -2.21. The van der Waals surface area contributed by atoms with Gasteiger partial charge in [-0.3, -0.25) is 4.90 Å². The third kappa shape index (κ3) is 5.62. The van der Waals surface area contributed by atoms with Crippen molar-refractivity contribution in [2.75, 3.05) is 51.9 Å². The zero-order chi connectivity index (χ0) is 28.8. The first-order valence-corrected chi connectivity index (χ1v) is 14.4. The van der Waals surface area contributed by atoms with Crippen molar-refractivity contribution in [3.05, 3.63) is 16.4 Å². The molecule has 3 fully saturated rings. The number of hydrogen-bond acceptors (Lipinski definition) is 9. The monoisotopic (exact) mass is 598 g/mol. The summed E-state index contributed by atoms with van der Waals surface area (Å²) < 4.78 is 31.7. The molecule has 1 unspecified atom stereocenters. The molecule has 2 aromatic rings. The van der Waals surface area contributed by atoms with Crippen LogP contribution in [0.4, 0.5) is 15.0 Å². The number of methoxy groups -OCH3 is 1. The Labute approximate surface area is 244 Å². The van der Waals surface area contributed by atoms with Crippen LogP contribution >= 0.6 is 23.2 Å². The van der Waals surface area contributed by atoms with E-state index in [2.05, 4.69) is 14.9 Å². The minimum atomic E-state index is -0.865. The van der Waals surface area contributed by atoms with Crippen LogP contribution in [0.25, 0.3) is 10.9 Å². The Morgan fingerprint density at radius 1 is 1.27 bits per heavy atom. The number of rotatable bonds is 7. The zero-order valence-electron chi connectivity index (χ0n) is 23.6. The van der Waals surface area contributed by atoms with Gasteiger partial charge in [-0.2, -0.15) is 9.97 Å². The van der Waals surface area contributed by atoms with Gasteiger partial charge >= 0.3 is 12.1 Å². The van der Waals surface area contributed by atoms with Crippen LogP contribution in [0.1, 0.15) is 46.5 Å². The van der Waals surface area contributed by atoms with Gasteiger partial charge in [0.25, 0.3) is 0 Å². The predicted molar refractivity (Wildman–Crippen MR) is 151 cm³/mol. The highest BCUT2D eigenvalue weighted by Crippen LogP contribution is 2.41. The SMILES string of the molecule is COC[C@@H]1C(N(C)c2nc(OC[C@@]34CCCN3C[C@H](F)C4)nc3c(Cl)c(Cl)ncc23)CCN1C(=O)OC(C)(C)C. The molecule has 1 amide bonds. The molecule has 0 aliphatic carbocycles. The van der Waals surface area contributed by atoms with E-state index in [1.165, 1.54) is 0 Å². The Bertz CT molecular complexity index is 1270. The van der Waals surface area contributed by atoms with Crippen molar-refractivity contribution in [1.82, 2.24) is 24.8 Å². The third-order valence-electron chi connectivity index (χ3n) is 8.14. The average Bonchev–Trinajstić information content (AvgIpc) is 3.56. The van der Waals surface area contributed by atoms with Crippen LogP contribution in [-0.2, 0) is 9.47 Å². The lowest BCUT2D eigenvalue weighted by Gasteiger charge is -2.34. The molecule has 3 aliphatic rings. The molecule has 0 radical (unpaired) electrons. The van der Waals surface area contributed by atoms with Crippen LogP contribution in [0.3, 0.4) is 0 Å². The number of hydrogen-bond donors (Lipinski definition) is 0. The summed E-state index contributed by atoms with van der Waals surface area (Å²) in [5, 5.41) is 0.918. The number of anilines is 1. The van der Waals surface area contributed by atoms with Crippen LogP contribution < -0.4 is 9.64 Å². The van der Waals surface area contributed by atoms with Gasteiger partial charge in [-0.05, 0) is 46.6 Å². The lowest BCUT2D eigenvalue weighted by atomic mass is 9.95. The molecule has 3 saturated heterocycles. The van der Waals surface area contributed by atoms with E-state index in [1.807, 2.05) is 32.7 Å². The van der Waals surface area contributed by atoms with Gasteiger partial charge in [0.15, 0.2) is 0 Å². The third-order valence-corrected chi connectivity index (χ3v) is 8.88. The molecule has 2 aromatic heterocycles. The highest BCUT2D eigenvalue weighted by Gasteiger charge is 2.49. The smallest absolute Gasteiger partial charge is 0.410 e. The predicted octanol–water partition coefficient (Wildman–Crippen LogP) is 4.75. The van der Waals surface area contributed by atoms with E-state index in [4.69, 9.17) is 42.4 Å². The number of fused-ring (bicyclic) bond motifs is 2. The molecule has 5 heterocycles. The van der Waals surface area contributed by atoms with Gasteiger partial charge in [0.05, 0.1) is 29.6 Å². The van der Waals surface area contributed by atoms with Crippen molar-refractivity contribution in [3.8, 4) is 6.01 Å². The van der Waals surface area contributed by atoms with E-state index in [0.717, 1.165) is 19.4 Å². The van der Waals surface area contributed by atoms with Crippen LogP contribution in [-0.4, -0.2) is 107 Å². The lowest BCUT2D eigenvalue weighted by molar-refractivity contribution is 0.0136. The first-order valence-electron chi connectivity index (χ1n) is 13.7. The zero-order valence-corrected chi connectivity index (χ0v) is 25.1. The van der Waals surface area contributed by atoms with Gasteiger partial charge in [-0.25, -0.2) is 14.2 Å². The van der Waals surface area contributed by atoms with E-state index in [9.17, 15) is 9.18 Å². The molecule has 13 heteroatoms. The second kappa shape index (κ2) is 11.2. The fourth-order valence-corrected chi connectivity index (χ4v) is 6.68. The number of pyridine rings is 1. The van der Waals surface area contributed by atoms with Crippen molar-refractivity contribution in [3.63, 3.8) is 0 Å². The summed E-state index contributed by atoms with van der Waals surface area (Å²) in [6, 6.07) is -0.313. The maximum Gasteiger partial charge on any atom is 0.410 e. The van der Waals surface area contributed by atoms with E-state index in [1.54, 1.807) is 18.2 Å². The van der Waals surface area contributed by atoms with Gasteiger partial charge < -0.3 is 24.0 Å². The molecule has 5 rings (SSSR count). The molecule has 0 spiro atoms. The summed E-state index contributed by atoms with van der Waals surface area (Å²) in [6.45, 7) is 7.91. The highest BCUT2D eigenvalue weighted by atomic mass is 35.5. The minimum Gasteiger partial charge on any atom is -0.461 e. The number of nitrogens with zero attached hydrogens (tertiary/aromatic N) is 6. The van der Waals surface area contributed by atoms with Crippen molar-refractivity contribution in [1.29, 1.82) is 0 Å². The van der Waals surface area contributed by atoms with E-state index < -0.39 is 11.8 Å². The van der Waals surface area contributed by atoms with Gasteiger partial charge in [0.2, 0.25) is 0 Å². The van der Waals surface area contributed by atoms with Gasteiger partial charge in [-0.15, -0.1) is 0 Å². The number of aromatic nitrogens is 3. The van der Waals surface area contributed by atoms with E-state index >= 15 is 0 Å². The van der Waals surface area contributed by atoms with E-state index in [-0.39, 0.29) is 46.5 Å². The molecular weight excluding hydrogens is 562 g/mol. The maximum absolute atomic E-state index is 14.3. The number of halogens is 3. The highest BCUT2D eigenvalue weighted by molar-refractivity contribution is 6.44. The van der Waals surface area contributed by atoms with E-state index in [0.29, 0.717) is 49.3 Å². The number of likely N-dealkylation sites (N-methyl/N-ethyl adjacent to an activating group) is 1. The lowest BCUT2D eigenvalue weighted by Crippen LogP contribution is -2.49. The second-order valence-electron chi connectivity index (χ2n) is 12.0. The number of carbonyl (C=O) groups is 1. The normalized spacial score (nSPS) is 26.9. The standard InChI is InChI=1S/C27H37Cl2FN6O4/c1-26(2,3)40-25(37)36-10-7-18(19(36)14-38-5)34(4)23-17-12-31-22(29)20(28)21(17)32-24(33-23)39-15-27-8-6-9-35(27)13-16(30)11-27/h12,16,18-19H,6-11,13-15H2,1-5H3/t16-,18?,19-,27+/m1/s1. The molecule has 0 N–H and O–H groups in total. The van der Waals surface area contributed by atoms with Crippen molar-refractivity contribution in [2.45, 2.75) is 75.8 Å². The van der Waals surface area contributed by atoms with Crippen molar-refractivity contribution in [2.24, 2.45) is 0 Å². The van der Waals surface area contributed by atoms with Crippen LogP contribution in [0.5, 0.6) is 6.01 Å². The van der Waals surface area contributed by atoms with Crippen molar-refractivity contribution >= 4 is 46.0 Å². The Kier molecular flexibility index (Phi) is 8.22. The first-order chi connectivity index (χ1) is 18.9. The number of alkyl halides is 1. The molecule has 0 saturated carbocycles. The Morgan fingerprint density at radius 2 is 2.05 bits per heavy atom. The summed E-state index contributed by atoms with van der Waals surface area (Å²) in [4.78, 5) is 32.5. The molecule has 0 aromatic carbocycles. The fraction of sp³-hybridized carbons (Fsp3) is 0.704. The number of ether oxygens (including phenoxy) is 3. The molecule has 40 heavy (non-hydrogen) atoms. The number of amides is 1. The van der Waals surface area contributed by atoms with Crippen molar-refractivity contribution < 1.29 is 23.4 Å². The Morgan fingerprint density at radius 3 is 2.77 bits per heavy atom. The molecule has 3 aliphatic heterocycles. The minimum absolute atomic E-state index is 0.123. The molecule has 220 valence electrons. The molecule has 4 atom stereocenters. The van der Waals surface area contributed by atoms with Gasteiger partial charge in [0, 0.05) is 39.9 Å². The molecule has 0 bridgehead atoms. The largest absolute Gasteiger partial charge is 0.461 e. The van der Waals surface area contributed by atoms with Gasteiger partial charge in [0.1, 0.15) is 39.9 Å². The summed E-state index contributed by atoms with van der Waals surface area (Å²) in [6.07, 6.45) is 3.31. The quantitative estimate of drug-likeness (QED) is 0.418. The fourth-order valence-electron chi connectivity index (χ4n) is 6.35. The first kappa shape index (κ1) is 29.3. The summed E-state index contributed by atoms with van der Waals surface area (Å²) >= 11 is 12.8. The van der Waals surface area contributed by atoms with Crippen LogP contribution in [0, 0.1) is 0 Å². The second-order valence-corrected chi connectivity index (χ2v) is 12.7. The number of likely N-dealkylation sites (tertiary alicyclic amines) is 1. The molecular formula is C27H37Cl2FN6O4. The topological polar surface area (TPSA) is 93.2 Å². The summed E-state index contributed by atoms with van der Waals surface area (Å²) in [7, 11) is 3.51. The average molecular weight is 600 g/mol. The maximum atomic E-state index is 14.3.